The van der Waals surface area contributed by atoms with Gasteiger partial charge < -0.3 is 18.9 Å². The van der Waals surface area contributed by atoms with E-state index >= 15 is 0 Å². The average molecular weight is 681 g/mol. The van der Waals surface area contributed by atoms with E-state index in [-0.39, 0.29) is 25.6 Å². The lowest BCUT2D eigenvalue weighted by molar-refractivity contribution is -0.141. The van der Waals surface area contributed by atoms with Crippen LogP contribution in [0.4, 0.5) is 0 Å². The number of hydrogen-bond donors (Lipinski definition) is 0. The van der Waals surface area contributed by atoms with Gasteiger partial charge in [-0.3, -0.25) is 4.79 Å². The zero-order chi connectivity index (χ0) is 36.2. The van der Waals surface area contributed by atoms with Crippen LogP contribution in [0.1, 0.15) is 49.9 Å². The molecule has 0 saturated carbocycles. The molecule has 0 heterocycles. The number of carbonyl (C=O) groups is 2. The molecule has 260 valence electrons. The van der Waals surface area contributed by atoms with Crippen molar-refractivity contribution in [1.82, 2.24) is 0 Å². The Hall–Kier alpha value is -5.46. The number of ether oxygens (including phenoxy) is 4. The Bertz CT molecular complexity index is 1990. The molecule has 1 atom stereocenters. The molecular formula is C45H44O6. The van der Waals surface area contributed by atoms with Gasteiger partial charge in [-0.2, -0.15) is 0 Å². The molecular weight excluding hydrogens is 636 g/mol. The van der Waals surface area contributed by atoms with Gasteiger partial charge in [0.05, 0.1) is 24.2 Å². The van der Waals surface area contributed by atoms with E-state index in [4.69, 9.17) is 18.9 Å². The molecule has 0 radical (unpaired) electrons. The minimum Gasteiger partial charge on any atom is -0.493 e. The summed E-state index contributed by atoms with van der Waals surface area (Å²) in [4.78, 5) is 23.4. The Morgan fingerprint density at radius 2 is 1.22 bits per heavy atom. The zero-order valence-electron chi connectivity index (χ0n) is 29.7. The normalized spacial score (nSPS) is 15.1. The maximum Gasteiger partial charge on any atom is 0.330 e. The van der Waals surface area contributed by atoms with Crippen molar-refractivity contribution in [3.63, 3.8) is 0 Å². The maximum atomic E-state index is 11.7. The summed E-state index contributed by atoms with van der Waals surface area (Å²) in [5.74, 6) is 0.816. The Morgan fingerprint density at radius 3 is 1.82 bits per heavy atom. The van der Waals surface area contributed by atoms with Crippen molar-refractivity contribution in [3.05, 3.63) is 157 Å². The highest BCUT2D eigenvalue weighted by molar-refractivity contribution is 5.96. The van der Waals surface area contributed by atoms with E-state index < -0.39 is 22.4 Å². The molecule has 0 amide bonds. The summed E-state index contributed by atoms with van der Waals surface area (Å²) in [6, 6.07) is 38.4. The summed E-state index contributed by atoms with van der Waals surface area (Å²) in [5, 5.41) is 2.36. The number of carbonyl (C=O) groups excluding carboxylic acids is 2. The van der Waals surface area contributed by atoms with Crippen molar-refractivity contribution >= 4 is 22.5 Å². The van der Waals surface area contributed by atoms with Crippen LogP contribution in [0.15, 0.2) is 135 Å². The molecule has 6 heteroatoms. The lowest BCUT2D eigenvalue weighted by Gasteiger charge is -2.34. The van der Waals surface area contributed by atoms with Gasteiger partial charge in [-0.25, -0.2) is 4.79 Å². The highest BCUT2D eigenvalue weighted by atomic mass is 16.5. The molecule has 0 bridgehead atoms. The standard InChI is InChI=1S/C45H44O6/c1-7-35(46)27-51-44(5,6)30-49-37-23-19-34(20-24-37)45(33-17-21-36(22-18-33)48-28-43(3,4)29-50-42(47)8-2)40-16-12-11-15-38(40)39-25-31-13-9-10-14-32(31)26-41(39)45/h7-26H,1-2,27-30H2,3-6H3. The Morgan fingerprint density at radius 1 is 0.647 bits per heavy atom. The summed E-state index contributed by atoms with van der Waals surface area (Å²) in [6.07, 6.45) is 2.43. The third-order valence-corrected chi connectivity index (χ3v) is 9.31. The molecule has 0 fully saturated rings. The maximum absolute atomic E-state index is 11.7. The first-order valence-electron chi connectivity index (χ1n) is 17.1. The van der Waals surface area contributed by atoms with Gasteiger partial charge in [-0.1, -0.05) is 99.8 Å². The number of rotatable bonds is 15. The molecule has 1 aliphatic carbocycles. The molecule has 5 aromatic carbocycles. The molecule has 0 spiro atoms. The van der Waals surface area contributed by atoms with Crippen LogP contribution in [0, 0.1) is 5.41 Å². The van der Waals surface area contributed by atoms with E-state index in [0.717, 1.165) is 16.9 Å². The van der Waals surface area contributed by atoms with Gasteiger partial charge in [-0.15, -0.1) is 0 Å². The van der Waals surface area contributed by atoms with Crippen LogP contribution >= 0.6 is 0 Å². The molecule has 1 aliphatic rings. The summed E-state index contributed by atoms with van der Waals surface area (Å²) < 4.78 is 23.5. The highest BCUT2D eigenvalue weighted by Crippen LogP contribution is 2.57. The van der Waals surface area contributed by atoms with Gasteiger partial charge in [0.25, 0.3) is 0 Å². The van der Waals surface area contributed by atoms with Gasteiger partial charge in [0, 0.05) is 11.5 Å². The molecule has 6 nitrogen and oxygen atoms in total. The largest absolute Gasteiger partial charge is 0.493 e. The van der Waals surface area contributed by atoms with Crippen molar-refractivity contribution in [3.8, 4) is 22.6 Å². The van der Waals surface area contributed by atoms with E-state index in [0.29, 0.717) is 12.4 Å². The van der Waals surface area contributed by atoms with E-state index in [2.05, 4.69) is 98.1 Å². The summed E-state index contributed by atoms with van der Waals surface area (Å²) in [6.45, 7) is 15.6. The zero-order valence-corrected chi connectivity index (χ0v) is 29.7. The third kappa shape index (κ3) is 7.38. The van der Waals surface area contributed by atoms with Crippen molar-refractivity contribution < 1.29 is 28.5 Å². The molecule has 1 unspecified atom stereocenters. The molecule has 5 aromatic rings. The minimum absolute atomic E-state index is 0.0401. The quantitative estimate of drug-likeness (QED) is 0.0796. The van der Waals surface area contributed by atoms with Gasteiger partial charge in [0.2, 0.25) is 0 Å². The second-order valence-corrected chi connectivity index (χ2v) is 14.4. The molecule has 0 aliphatic heterocycles. The van der Waals surface area contributed by atoms with Gasteiger partial charge in [-0.05, 0) is 100 Å². The molecule has 0 saturated heterocycles. The molecule has 51 heavy (non-hydrogen) atoms. The van der Waals surface area contributed by atoms with Crippen LogP contribution in [0.5, 0.6) is 11.5 Å². The number of fused-ring (bicyclic) bond motifs is 4. The van der Waals surface area contributed by atoms with Crippen LogP contribution in [0.2, 0.25) is 0 Å². The second kappa shape index (κ2) is 14.4. The fourth-order valence-corrected chi connectivity index (χ4v) is 6.62. The fraction of sp³-hybridized carbons (Fsp3) is 0.244. The van der Waals surface area contributed by atoms with E-state index in [1.165, 1.54) is 45.2 Å². The van der Waals surface area contributed by atoms with Crippen LogP contribution in [-0.2, 0) is 24.5 Å². The number of hydrogen-bond acceptors (Lipinski definition) is 6. The van der Waals surface area contributed by atoms with Gasteiger partial charge in [0.1, 0.15) is 24.7 Å². The van der Waals surface area contributed by atoms with Crippen molar-refractivity contribution in [2.75, 3.05) is 26.4 Å². The smallest absolute Gasteiger partial charge is 0.330 e. The Kier molecular flexibility index (Phi) is 10.00. The van der Waals surface area contributed by atoms with E-state index in [9.17, 15) is 9.59 Å². The summed E-state index contributed by atoms with van der Waals surface area (Å²) in [5.41, 5.74) is 5.32. The van der Waals surface area contributed by atoms with Gasteiger partial charge >= 0.3 is 5.97 Å². The molecule has 6 rings (SSSR count). The summed E-state index contributed by atoms with van der Waals surface area (Å²) in [7, 11) is 0. The fourth-order valence-electron chi connectivity index (χ4n) is 6.62. The lowest BCUT2D eigenvalue weighted by atomic mass is 9.67. The third-order valence-electron chi connectivity index (χ3n) is 9.31. The van der Waals surface area contributed by atoms with Crippen LogP contribution in [0.25, 0.3) is 21.9 Å². The van der Waals surface area contributed by atoms with Crippen LogP contribution < -0.4 is 9.47 Å². The van der Waals surface area contributed by atoms with Gasteiger partial charge in [0.15, 0.2) is 5.78 Å². The van der Waals surface area contributed by atoms with Crippen molar-refractivity contribution in [2.24, 2.45) is 5.41 Å². The molecule has 0 N–H and O–H groups in total. The predicted molar refractivity (Wildman–Crippen MR) is 202 cm³/mol. The Balaban J connectivity index is 1.38. The first-order valence-corrected chi connectivity index (χ1v) is 17.1. The monoisotopic (exact) mass is 680 g/mol. The number of esters is 1. The highest BCUT2D eigenvalue weighted by Gasteiger charge is 2.46. The second-order valence-electron chi connectivity index (χ2n) is 14.4. The topological polar surface area (TPSA) is 71.1 Å². The first-order chi connectivity index (χ1) is 24.5. The lowest BCUT2D eigenvalue weighted by Crippen LogP contribution is -2.34. The van der Waals surface area contributed by atoms with Crippen molar-refractivity contribution in [2.45, 2.75) is 38.7 Å². The SMILES string of the molecule is C=CC(=O)COC(C)(C)COc1ccc(C2(c3ccc(OCC(C)(C)COC(=O)C=C)cc3)c3ccccc3-c3cc4ccccc4cc32)cc1. The summed E-state index contributed by atoms with van der Waals surface area (Å²) >= 11 is 0. The number of benzene rings is 5. The van der Waals surface area contributed by atoms with E-state index in [1.807, 2.05) is 52.0 Å². The van der Waals surface area contributed by atoms with Crippen molar-refractivity contribution in [1.29, 1.82) is 0 Å². The van der Waals surface area contributed by atoms with Crippen LogP contribution in [-0.4, -0.2) is 43.8 Å². The first kappa shape index (κ1) is 35.4. The minimum atomic E-state index is -0.669. The van der Waals surface area contributed by atoms with E-state index in [1.54, 1.807) is 0 Å². The van der Waals surface area contributed by atoms with Crippen LogP contribution in [0.3, 0.4) is 0 Å². The number of ketones is 1. The predicted octanol–water partition coefficient (Wildman–Crippen LogP) is 9.27. The Labute approximate surface area is 300 Å². The average Bonchev–Trinajstić information content (AvgIpc) is 3.43. The molecule has 0 aromatic heterocycles.